The molecule has 1 aliphatic heterocycles. The molecule has 0 aromatic carbocycles. The maximum atomic E-state index is 11.7. The van der Waals surface area contributed by atoms with Gasteiger partial charge in [-0.1, -0.05) is 6.92 Å². The number of hydrogen-bond donors (Lipinski definition) is 0. The molecule has 2 aliphatic rings. The topological polar surface area (TPSA) is 37.4 Å². The van der Waals surface area contributed by atoms with Crippen molar-refractivity contribution in [1.29, 1.82) is 0 Å². The average molecular weight is 223 g/mol. The number of carbonyl (C=O) groups is 2. The van der Waals surface area contributed by atoms with Crippen LogP contribution >= 0.6 is 0 Å². The van der Waals surface area contributed by atoms with Gasteiger partial charge < -0.3 is 9.69 Å². The van der Waals surface area contributed by atoms with E-state index in [0.29, 0.717) is 18.4 Å². The molecule has 3 atom stereocenters. The number of likely N-dealkylation sites (tertiary alicyclic amines) is 1. The van der Waals surface area contributed by atoms with E-state index in [1.165, 1.54) is 12.8 Å². The molecule has 0 spiro atoms. The summed E-state index contributed by atoms with van der Waals surface area (Å²) >= 11 is 0. The number of fused-ring (bicyclic) bond motifs is 1. The van der Waals surface area contributed by atoms with Crippen LogP contribution in [-0.4, -0.2) is 36.1 Å². The van der Waals surface area contributed by atoms with E-state index < -0.39 is 0 Å². The second-order valence-corrected chi connectivity index (χ2v) is 5.15. The highest BCUT2D eigenvalue weighted by Crippen LogP contribution is 2.35. The van der Waals surface area contributed by atoms with Crippen molar-refractivity contribution in [2.45, 2.75) is 45.1 Å². The van der Waals surface area contributed by atoms with Gasteiger partial charge in [-0.25, -0.2) is 0 Å². The summed E-state index contributed by atoms with van der Waals surface area (Å²) in [6.45, 7) is 4.45. The third kappa shape index (κ3) is 2.19. The van der Waals surface area contributed by atoms with Crippen LogP contribution in [0.25, 0.3) is 0 Å². The van der Waals surface area contributed by atoms with Crippen molar-refractivity contribution in [2.24, 2.45) is 11.8 Å². The molecule has 1 heterocycles. The van der Waals surface area contributed by atoms with E-state index in [0.717, 1.165) is 32.2 Å². The molecule has 3 heteroatoms. The van der Waals surface area contributed by atoms with Crippen molar-refractivity contribution in [3.63, 3.8) is 0 Å². The van der Waals surface area contributed by atoms with E-state index in [2.05, 4.69) is 11.8 Å². The Kier molecular flexibility index (Phi) is 3.74. The van der Waals surface area contributed by atoms with E-state index in [1.807, 2.05) is 0 Å². The normalized spacial score (nSPS) is 35.8. The van der Waals surface area contributed by atoms with Crippen LogP contribution in [0.2, 0.25) is 0 Å². The molecule has 0 aromatic rings. The highest BCUT2D eigenvalue weighted by Gasteiger charge is 2.40. The summed E-state index contributed by atoms with van der Waals surface area (Å²) in [5.74, 6) is 0.373. The predicted octanol–water partition coefficient (Wildman–Crippen LogP) is 1.66. The van der Waals surface area contributed by atoms with Gasteiger partial charge in [-0.3, -0.25) is 4.79 Å². The molecule has 1 saturated heterocycles. The zero-order valence-electron chi connectivity index (χ0n) is 10.0. The van der Waals surface area contributed by atoms with Gasteiger partial charge in [0.25, 0.3) is 0 Å². The number of rotatable bonds is 3. The van der Waals surface area contributed by atoms with E-state index in [4.69, 9.17) is 0 Å². The summed E-state index contributed by atoms with van der Waals surface area (Å²) in [5.41, 5.74) is 0. The van der Waals surface area contributed by atoms with Gasteiger partial charge in [-0.2, -0.15) is 0 Å². The van der Waals surface area contributed by atoms with Crippen LogP contribution in [0.1, 0.15) is 39.0 Å². The Bertz CT molecular complexity index is 275. The van der Waals surface area contributed by atoms with Gasteiger partial charge in [0.05, 0.1) is 5.92 Å². The van der Waals surface area contributed by atoms with Crippen LogP contribution in [0.3, 0.4) is 0 Å². The smallest absolute Gasteiger partial charge is 0.143 e. The minimum atomic E-state index is -0.321. The lowest BCUT2D eigenvalue weighted by Gasteiger charge is -2.44. The number of nitrogens with zero attached hydrogens (tertiary/aromatic N) is 1. The number of aldehydes is 1. The van der Waals surface area contributed by atoms with Gasteiger partial charge in [0.2, 0.25) is 0 Å². The predicted molar refractivity (Wildman–Crippen MR) is 62.2 cm³/mol. The Balaban J connectivity index is 2.07. The fourth-order valence-corrected chi connectivity index (χ4v) is 3.29. The molecule has 2 rings (SSSR count). The van der Waals surface area contributed by atoms with Crippen molar-refractivity contribution in [1.82, 2.24) is 4.90 Å². The van der Waals surface area contributed by atoms with Gasteiger partial charge in [-0.05, 0) is 44.7 Å². The van der Waals surface area contributed by atoms with Crippen LogP contribution in [0, 0.1) is 11.8 Å². The van der Waals surface area contributed by atoms with Crippen LogP contribution in [0.4, 0.5) is 0 Å². The SMILES string of the molecule is CCCN1CCC[C@H]2CC(=O)C(C=O)C[C@@H]21. The molecule has 3 nitrogen and oxygen atoms in total. The summed E-state index contributed by atoms with van der Waals surface area (Å²) in [4.78, 5) is 25.1. The Morgan fingerprint density at radius 1 is 1.50 bits per heavy atom. The Labute approximate surface area is 97.2 Å². The molecule has 0 radical (unpaired) electrons. The van der Waals surface area contributed by atoms with Crippen LogP contribution in [0.15, 0.2) is 0 Å². The van der Waals surface area contributed by atoms with Crippen molar-refractivity contribution >= 4 is 12.1 Å². The van der Waals surface area contributed by atoms with Gasteiger partial charge >= 0.3 is 0 Å². The molecule has 0 aromatic heterocycles. The maximum absolute atomic E-state index is 11.7. The molecule has 1 unspecified atom stereocenters. The first kappa shape index (κ1) is 11.8. The number of carbonyl (C=O) groups excluding carboxylic acids is 2. The van der Waals surface area contributed by atoms with Gasteiger partial charge in [0.15, 0.2) is 0 Å². The fraction of sp³-hybridized carbons (Fsp3) is 0.846. The molecule has 0 amide bonds. The lowest BCUT2D eigenvalue weighted by Crippen LogP contribution is -2.51. The minimum absolute atomic E-state index is 0.176. The molecule has 90 valence electrons. The molecule has 1 aliphatic carbocycles. The summed E-state index contributed by atoms with van der Waals surface area (Å²) in [7, 11) is 0. The quantitative estimate of drug-likeness (QED) is 0.539. The van der Waals surface area contributed by atoms with Crippen LogP contribution < -0.4 is 0 Å². The number of hydrogen-bond acceptors (Lipinski definition) is 3. The molecule has 2 fully saturated rings. The molecule has 0 bridgehead atoms. The molecular formula is C13H21NO2. The molecule has 0 N–H and O–H groups in total. The van der Waals surface area contributed by atoms with Crippen molar-refractivity contribution in [3.05, 3.63) is 0 Å². The van der Waals surface area contributed by atoms with Crippen LogP contribution in [0.5, 0.6) is 0 Å². The minimum Gasteiger partial charge on any atom is -0.303 e. The summed E-state index contributed by atoms with van der Waals surface area (Å²) in [6.07, 6.45) is 5.80. The maximum Gasteiger partial charge on any atom is 0.143 e. The lowest BCUT2D eigenvalue weighted by molar-refractivity contribution is -0.133. The first-order chi connectivity index (χ1) is 7.76. The standard InChI is InChI=1S/C13H21NO2/c1-2-5-14-6-3-4-10-8-13(16)11(9-15)7-12(10)14/h9-12H,2-8H2,1H3/t10-,11?,12-/m0/s1. The molecule has 1 saturated carbocycles. The van der Waals surface area contributed by atoms with E-state index in [9.17, 15) is 9.59 Å². The molecular weight excluding hydrogens is 202 g/mol. The Morgan fingerprint density at radius 2 is 2.31 bits per heavy atom. The van der Waals surface area contributed by atoms with Crippen molar-refractivity contribution in [3.8, 4) is 0 Å². The number of Topliss-reactive ketones (excluding diaryl/α,β-unsaturated/α-hetero) is 1. The number of piperidine rings is 1. The second kappa shape index (κ2) is 5.09. The van der Waals surface area contributed by atoms with Gasteiger partial charge in [0.1, 0.15) is 12.1 Å². The van der Waals surface area contributed by atoms with Crippen molar-refractivity contribution < 1.29 is 9.59 Å². The zero-order valence-corrected chi connectivity index (χ0v) is 10.0. The largest absolute Gasteiger partial charge is 0.303 e. The third-order valence-corrected chi connectivity index (χ3v) is 4.08. The zero-order chi connectivity index (χ0) is 11.5. The number of ketones is 1. The van der Waals surface area contributed by atoms with Gasteiger partial charge in [0, 0.05) is 12.5 Å². The van der Waals surface area contributed by atoms with E-state index in [1.54, 1.807) is 0 Å². The van der Waals surface area contributed by atoms with Crippen LogP contribution in [-0.2, 0) is 9.59 Å². The van der Waals surface area contributed by atoms with Gasteiger partial charge in [-0.15, -0.1) is 0 Å². The highest BCUT2D eigenvalue weighted by molar-refractivity contribution is 5.94. The first-order valence-corrected chi connectivity index (χ1v) is 6.48. The summed E-state index contributed by atoms with van der Waals surface area (Å²) < 4.78 is 0. The Morgan fingerprint density at radius 3 is 3.00 bits per heavy atom. The Hall–Kier alpha value is -0.700. The third-order valence-electron chi connectivity index (χ3n) is 4.08. The molecule has 16 heavy (non-hydrogen) atoms. The summed E-state index contributed by atoms with van der Waals surface area (Å²) in [5, 5.41) is 0. The fourth-order valence-electron chi connectivity index (χ4n) is 3.29. The average Bonchev–Trinajstić information content (AvgIpc) is 2.29. The lowest BCUT2D eigenvalue weighted by atomic mass is 9.73. The van der Waals surface area contributed by atoms with E-state index in [-0.39, 0.29) is 11.7 Å². The monoisotopic (exact) mass is 223 g/mol. The second-order valence-electron chi connectivity index (χ2n) is 5.15. The highest BCUT2D eigenvalue weighted by atomic mass is 16.1. The van der Waals surface area contributed by atoms with Crippen molar-refractivity contribution in [2.75, 3.05) is 13.1 Å². The summed E-state index contributed by atoms with van der Waals surface area (Å²) in [6, 6.07) is 0.488. The first-order valence-electron chi connectivity index (χ1n) is 6.48. The van der Waals surface area contributed by atoms with E-state index >= 15 is 0 Å².